The van der Waals surface area contributed by atoms with Gasteiger partial charge in [0.15, 0.2) is 0 Å². The number of nitrogens with zero attached hydrogens (tertiary/aromatic N) is 6. The maximum atomic E-state index is 4.15. The molecule has 2 aliphatic heterocycles. The van der Waals surface area contributed by atoms with E-state index in [-0.39, 0.29) is 0 Å². The number of fused-ring (bicyclic) bond motifs is 3. The SMILES string of the molecule is C1=NN=c2cccncnc3c(c21)N=NC=3. The van der Waals surface area contributed by atoms with E-state index in [1.165, 1.54) is 6.33 Å². The molecule has 0 spiro atoms. The first-order valence-electron chi connectivity index (χ1n) is 4.64. The van der Waals surface area contributed by atoms with Crippen molar-refractivity contribution >= 4 is 18.1 Å². The Morgan fingerprint density at radius 1 is 1.19 bits per heavy atom. The minimum atomic E-state index is 0.670. The highest BCUT2D eigenvalue weighted by Gasteiger charge is 2.08. The Morgan fingerprint density at radius 2 is 2.19 bits per heavy atom. The molecule has 0 bridgehead atoms. The van der Waals surface area contributed by atoms with Crippen molar-refractivity contribution in [1.29, 1.82) is 0 Å². The molecule has 76 valence electrons. The molecule has 16 heavy (non-hydrogen) atoms. The van der Waals surface area contributed by atoms with E-state index >= 15 is 0 Å². The van der Waals surface area contributed by atoms with Crippen LogP contribution in [-0.2, 0) is 0 Å². The van der Waals surface area contributed by atoms with Crippen LogP contribution in [0.1, 0.15) is 5.56 Å². The van der Waals surface area contributed by atoms with E-state index in [1.807, 2.05) is 6.07 Å². The monoisotopic (exact) mass is 210 g/mol. The average molecular weight is 210 g/mol. The van der Waals surface area contributed by atoms with Gasteiger partial charge >= 0.3 is 0 Å². The molecule has 0 aromatic carbocycles. The van der Waals surface area contributed by atoms with Gasteiger partial charge in [-0.25, -0.2) is 9.97 Å². The lowest BCUT2D eigenvalue weighted by atomic mass is 10.2. The minimum Gasteiger partial charge on any atom is -0.245 e. The molecule has 0 atom stereocenters. The van der Waals surface area contributed by atoms with Gasteiger partial charge in [-0.3, -0.25) is 0 Å². The van der Waals surface area contributed by atoms with Gasteiger partial charge in [-0.15, -0.1) is 5.11 Å². The molecule has 0 saturated carbocycles. The third kappa shape index (κ3) is 1.36. The highest BCUT2D eigenvalue weighted by atomic mass is 15.2. The Balaban J connectivity index is 2.50. The summed E-state index contributed by atoms with van der Waals surface area (Å²) in [6, 6.07) is 3.60. The number of hydrogen-bond donors (Lipinski definition) is 0. The second kappa shape index (κ2) is 3.58. The first kappa shape index (κ1) is 8.78. The Bertz CT molecular complexity index is 613. The van der Waals surface area contributed by atoms with E-state index in [2.05, 4.69) is 30.4 Å². The Hall–Kier alpha value is -2.50. The molecule has 0 radical (unpaired) electrons. The molecule has 0 fully saturated rings. The summed E-state index contributed by atoms with van der Waals surface area (Å²) in [5.74, 6) is 0. The van der Waals surface area contributed by atoms with Crippen molar-refractivity contribution in [3.8, 4) is 0 Å². The largest absolute Gasteiger partial charge is 0.245 e. The molecule has 0 saturated heterocycles. The highest BCUT2D eigenvalue weighted by molar-refractivity contribution is 5.87. The Morgan fingerprint density at radius 3 is 3.19 bits per heavy atom. The van der Waals surface area contributed by atoms with Gasteiger partial charge in [0.1, 0.15) is 17.4 Å². The maximum Gasteiger partial charge on any atom is 0.124 e. The van der Waals surface area contributed by atoms with Crippen molar-refractivity contribution < 1.29 is 0 Å². The normalized spacial score (nSPS) is 13.5. The predicted molar refractivity (Wildman–Crippen MR) is 57.0 cm³/mol. The van der Waals surface area contributed by atoms with Crippen LogP contribution in [0.5, 0.6) is 0 Å². The van der Waals surface area contributed by atoms with Crippen molar-refractivity contribution in [3.63, 3.8) is 0 Å². The Labute approximate surface area is 90.1 Å². The molecule has 0 unspecified atom stereocenters. The van der Waals surface area contributed by atoms with Crippen molar-refractivity contribution in [2.24, 2.45) is 20.4 Å². The van der Waals surface area contributed by atoms with E-state index in [1.54, 1.807) is 24.7 Å². The number of rotatable bonds is 0. The lowest BCUT2D eigenvalue weighted by molar-refractivity contribution is 1.15. The summed E-state index contributed by atoms with van der Waals surface area (Å²) >= 11 is 0. The van der Waals surface area contributed by atoms with Crippen LogP contribution in [0.4, 0.5) is 5.69 Å². The highest BCUT2D eigenvalue weighted by Crippen LogP contribution is 2.12. The molecule has 0 amide bonds. The molecule has 3 heterocycles. The summed E-state index contributed by atoms with van der Waals surface area (Å²) in [4.78, 5) is 8.11. The van der Waals surface area contributed by atoms with Gasteiger partial charge in [-0.2, -0.15) is 15.3 Å². The van der Waals surface area contributed by atoms with Gasteiger partial charge in [0, 0.05) is 6.20 Å². The van der Waals surface area contributed by atoms with E-state index < -0.39 is 0 Å². The summed E-state index contributed by atoms with van der Waals surface area (Å²) in [6.07, 6.45) is 6.34. The zero-order chi connectivity index (χ0) is 10.8. The molecular formula is C10H6N6. The topological polar surface area (TPSA) is 75.2 Å². The van der Waals surface area contributed by atoms with Gasteiger partial charge in [0.25, 0.3) is 0 Å². The van der Waals surface area contributed by atoms with Gasteiger partial charge in [0.05, 0.1) is 23.3 Å². The summed E-state index contributed by atoms with van der Waals surface area (Å²) in [5.41, 5.74) is 1.51. The summed E-state index contributed by atoms with van der Waals surface area (Å²) < 4.78 is 0. The summed E-state index contributed by atoms with van der Waals surface area (Å²) in [7, 11) is 0. The molecular weight excluding hydrogens is 204 g/mol. The zero-order valence-electron chi connectivity index (χ0n) is 8.15. The lowest BCUT2D eigenvalue weighted by Gasteiger charge is -1.87. The molecule has 1 aromatic heterocycles. The van der Waals surface area contributed by atoms with Crippen LogP contribution in [-0.4, -0.2) is 16.2 Å². The molecule has 1 aromatic rings. The fraction of sp³-hybridized carbons (Fsp3) is 0. The third-order valence-corrected chi connectivity index (χ3v) is 2.15. The molecule has 6 heteroatoms. The van der Waals surface area contributed by atoms with Crippen LogP contribution >= 0.6 is 0 Å². The van der Waals surface area contributed by atoms with Crippen molar-refractivity contribution in [3.05, 3.63) is 40.9 Å². The Kier molecular flexibility index (Phi) is 1.96. The molecule has 6 nitrogen and oxygen atoms in total. The minimum absolute atomic E-state index is 0.670. The summed E-state index contributed by atoms with van der Waals surface area (Å²) in [5, 5.41) is 17.1. The van der Waals surface area contributed by atoms with Crippen LogP contribution in [0.3, 0.4) is 0 Å². The van der Waals surface area contributed by atoms with Gasteiger partial charge in [-0.05, 0) is 12.1 Å². The first-order chi connectivity index (χ1) is 7.95. The fourth-order valence-electron chi connectivity index (χ4n) is 1.43. The van der Waals surface area contributed by atoms with Gasteiger partial charge in [0.2, 0.25) is 0 Å². The molecule has 3 rings (SSSR count). The average Bonchev–Trinajstić information content (AvgIpc) is 2.92. The standard InChI is InChI=1S/C10H6N6/c1-2-8-7(4-13-15-8)10-9(5-14-16-10)12-6-11-3-1/h1-6H. The van der Waals surface area contributed by atoms with Gasteiger partial charge < -0.3 is 0 Å². The first-order valence-corrected chi connectivity index (χ1v) is 4.64. The number of azo groups is 1. The van der Waals surface area contributed by atoms with E-state index in [0.717, 1.165) is 10.9 Å². The van der Waals surface area contributed by atoms with Crippen LogP contribution in [0, 0.1) is 0 Å². The summed E-state index contributed by atoms with van der Waals surface area (Å²) in [6.45, 7) is 0. The van der Waals surface area contributed by atoms with E-state index in [9.17, 15) is 0 Å². The molecule has 2 aliphatic rings. The number of aromatic nitrogens is 2. The quantitative estimate of drug-likeness (QED) is 0.621. The van der Waals surface area contributed by atoms with Gasteiger partial charge in [-0.1, -0.05) is 0 Å². The maximum absolute atomic E-state index is 4.15. The molecule has 0 N–H and O–H groups in total. The van der Waals surface area contributed by atoms with Crippen LogP contribution in [0.15, 0.2) is 45.1 Å². The van der Waals surface area contributed by atoms with Crippen molar-refractivity contribution in [1.82, 2.24) is 9.97 Å². The smallest absolute Gasteiger partial charge is 0.124 e. The zero-order valence-corrected chi connectivity index (χ0v) is 8.15. The van der Waals surface area contributed by atoms with Crippen LogP contribution in [0.25, 0.3) is 6.20 Å². The lowest BCUT2D eigenvalue weighted by Crippen LogP contribution is -2.09. The second-order valence-corrected chi connectivity index (χ2v) is 3.12. The predicted octanol–water partition coefficient (Wildman–Crippen LogP) is 0.403. The van der Waals surface area contributed by atoms with E-state index in [4.69, 9.17) is 0 Å². The van der Waals surface area contributed by atoms with Crippen molar-refractivity contribution in [2.75, 3.05) is 0 Å². The van der Waals surface area contributed by atoms with Crippen LogP contribution < -0.4 is 10.7 Å². The molecule has 0 aliphatic carbocycles. The second-order valence-electron chi connectivity index (χ2n) is 3.12. The van der Waals surface area contributed by atoms with E-state index in [0.29, 0.717) is 11.0 Å². The fourth-order valence-corrected chi connectivity index (χ4v) is 1.43. The number of hydrogen-bond acceptors (Lipinski definition) is 6. The van der Waals surface area contributed by atoms with Crippen molar-refractivity contribution in [2.45, 2.75) is 0 Å². The third-order valence-electron chi connectivity index (χ3n) is 2.15. The van der Waals surface area contributed by atoms with Crippen LogP contribution in [0.2, 0.25) is 0 Å².